The van der Waals surface area contributed by atoms with Crippen molar-refractivity contribution in [2.75, 3.05) is 19.7 Å². The second-order valence-electron chi connectivity index (χ2n) is 7.94. The van der Waals surface area contributed by atoms with E-state index in [0.717, 1.165) is 38.0 Å². The van der Waals surface area contributed by atoms with E-state index in [9.17, 15) is 13.5 Å². The Bertz CT molecular complexity index is 862. The highest BCUT2D eigenvalue weighted by Crippen LogP contribution is 2.22. The highest BCUT2D eigenvalue weighted by atomic mass is 32.2. The smallest absolute Gasteiger partial charge is 0.228 e. The van der Waals surface area contributed by atoms with Crippen LogP contribution in [0.3, 0.4) is 0 Å². The lowest BCUT2D eigenvalue weighted by atomic mass is 9.99. The lowest BCUT2D eigenvalue weighted by Gasteiger charge is -2.31. The van der Waals surface area contributed by atoms with Gasteiger partial charge in [0.05, 0.1) is 17.1 Å². The van der Waals surface area contributed by atoms with Crippen molar-refractivity contribution in [1.82, 2.24) is 14.5 Å². The van der Waals surface area contributed by atoms with Crippen molar-refractivity contribution < 1.29 is 13.5 Å². The Hall–Kier alpha value is -1.70. The van der Waals surface area contributed by atoms with E-state index >= 15 is 0 Å². The van der Waals surface area contributed by atoms with Crippen LogP contribution in [0.2, 0.25) is 0 Å². The molecule has 0 spiro atoms. The quantitative estimate of drug-likeness (QED) is 0.730. The van der Waals surface area contributed by atoms with Gasteiger partial charge in [-0.3, -0.25) is 4.90 Å². The Labute approximate surface area is 168 Å². The van der Waals surface area contributed by atoms with Crippen molar-refractivity contribution in [3.05, 3.63) is 47.8 Å². The van der Waals surface area contributed by atoms with Crippen LogP contribution in [0.5, 0.6) is 0 Å². The van der Waals surface area contributed by atoms with E-state index in [1.54, 1.807) is 20.0 Å². The number of aliphatic hydroxyl groups excluding tert-OH is 1. The predicted octanol–water partition coefficient (Wildman–Crippen LogP) is 2.51. The van der Waals surface area contributed by atoms with E-state index in [-0.39, 0.29) is 11.8 Å². The molecule has 0 aliphatic carbocycles. The first kappa shape index (κ1) is 21.0. The van der Waals surface area contributed by atoms with Gasteiger partial charge in [-0.25, -0.2) is 13.4 Å². The van der Waals surface area contributed by atoms with E-state index < -0.39 is 15.1 Å². The number of nitrogens with zero attached hydrogens (tertiary/aromatic N) is 3. The molecule has 1 fully saturated rings. The normalized spacial score (nSPS) is 18.6. The van der Waals surface area contributed by atoms with E-state index in [2.05, 4.69) is 22.0 Å². The van der Waals surface area contributed by atoms with Gasteiger partial charge in [0.2, 0.25) is 15.0 Å². The average Bonchev–Trinajstić information content (AvgIpc) is 3.10. The molecular formula is C21H31N3O3S. The number of hydrogen-bond acceptors (Lipinski definition) is 5. The van der Waals surface area contributed by atoms with Gasteiger partial charge in [-0.15, -0.1) is 0 Å². The zero-order chi connectivity index (χ0) is 20.1. The summed E-state index contributed by atoms with van der Waals surface area (Å²) in [6.45, 7) is 6.64. The van der Waals surface area contributed by atoms with Crippen LogP contribution in [0, 0.1) is 5.92 Å². The molecular weight excluding hydrogens is 374 g/mol. The van der Waals surface area contributed by atoms with Crippen molar-refractivity contribution in [3.8, 4) is 0 Å². The van der Waals surface area contributed by atoms with Crippen molar-refractivity contribution in [3.63, 3.8) is 0 Å². The molecule has 1 saturated heterocycles. The fourth-order valence-electron chi connectivity index (χ4n) is 3.75. The van der Waals surface area contributed by atoms with Crippen LogP contribution in [-0.2, 0) is 29.3 Å². The number of aromatic nitrogens is 2. The van der Waals surface area contributed by atoms with Gasteiger partial charge < -0.3 is 9.67 Å². The van der Waals surface area contributed by atoms with E-state index in [4.69, 9.17) is 0 Å². The SMILES string of the molecule is CC(C)S(=O)(=O)c1ncc(CN2CCC[C@H](CO)C2)n1CCc1ccccc1. The Balaban J connectivity index is 1.85. The van der Waals surface area contributed by atoms with E-state index in [1.807, 2.05) is 22.8 Å². The maximum absolute atomic E-state index is 12.8. The molecule has 3 rings (SSSR count). The van der Waals surface area contributed by atoms with Crippen molar-refractivity contribution in [1.29, 1.82) is 0 Å². The van der Waals surface area contributed by atoms with E-state index in [0.29, 0.717) is 19.0 Å². The summed E-state index contributed by atoms with van der Waals surface area (Å²) < 4.78 is 27.6. The van der Waals surface area contributed by atoms with E-state index in [1.165, 1.54) is 5.56 Å². The van der Waals surface area contributed by atoms with Gasteiger partial charge in [-0.2, -0.15) is 0 Å². The third kappa shape index (κ3) is 4.82. The Morgan fingerprint density at radius 3 is 2.68 bits per heavy atom. The molecule has 2 heterocycles. The number of aliphatic hydroxyl groups is 1. The molecule has 0 radical (unpaired) electrons. The fourth-order valence-corrected chi connectivity index (χ4v) is 4.89. The molecule has 154 valence electrons. The Morgan fingerprint density at radius 1 is 1.25 bits per heavy atom. The number of benzene rings is 1. The minimum absolute atomic E-state index is 0.171. The summed E-state index contributed by atoms with van der Waals surface area (Å²) >= 11 is 0. The molecule has 7 heteroatoms. The van der Waals surface area contributed by atoms with Crippen LogP contribution in [0.25, 0.3) is 0 Å². The number of rotatable bonds is 8. The van der Waals surface area contributed by atoms with Gasteiger partial charge in [0.1, 0.15) is 0 Å². The summed E-state index contributed by atoms with van der Waals surface area (Å²) in [5, 5.41) is 9.15. The molecule has 1 aliphatic rings. The lowest BCUT2D eigenvalue weighted by Crippen LogP contribution is -2.37. The maximum Gasteiger partial charge on any atom is 0.228 e. The first-order valence-corrected chi connectivity index (χ1v) is 11.6. The van der Waals surface area contributed by atoms with Gasteiger partial charge in [-0.1, -0.05) is 30.3 Å². The summed E-state index contributed by atoms with van der Waals surface area (Å²) in [7, 11) is -3.45. The Morgan fingerprint density at radius 2 is 2.00 bits per heavy atom. The molecule has 0 amide bonds. The number of sulfone groups is 1. The standard InChI is InChI=1S/C21H31N3O3S/c1-17(2)28(26,27)21-22-13-20(15-23-11-6-9-19(14-23)16-25)24(21)12-10-18-7-4-3-5-8-18/h3-5,7-8,13,17,19,25H,6,9-12,14-16H2,1-2H3/t19-/m0/s1. The topological polar surface area (TPSA) is 75.4 Å². The molecule has 2 aromatic rings. The summed E-state index contributed by atoms with van der Waals surface area (Å²) in [6.07, 6.45) is 4.57. The molecule has 1 aliphatic heterocycles. The lowest BCUT2D eigenvalue weighted by molar-refractivity contribution is 0.114. The number of hydrogen-bond donors (Lipinski definition) is 1. The van der Waals surface area contributed by atoms with Crippen LogP contribution in [0.1, 0.15) is 37.9 Å². The van der Waals surface area contributed by atoms with Gasteiger partial charge in [0, 0.05) is 26.2 Å². The zero-order valence-corrected chi connectivity index (χ0v) is 17.6. The monoisotopic (exact) mass is 405 g/mol. The minimum Gasteiger partial charge on any atom is -0.396 e. The first-order valence-electron chi connectivity index (χ1n) is 10.1. The zero-order valence-electron chi connectivity index (χ0n) is 16.8. The molecule has 1 atom stereocenters. The Kier molecular flexibility index (Phi) is 6.91. The molecule has 28 heavy (non-hydrogen) atoms. The molecule has 1 aromatic heterocycles. The fraction of sp³-hybridized carbons (Fsp3) is 0.571. The number of aryl methyl sites for hydroxylation is 1. The minimum atomic E-state index is -3.45. The van der Waals surface area contributed by atoms with Crippen LogP contribution in [-0.4, -0.2) is 52.9 Å². The van der Waals surface area contributed by atoms with Gasteiger partial charge in [0.15, 0.2) is 0 Å². The predicted molar refractivity (Wildman–Crippen MR) is 110 cm³/mol. The van der Waals surface area contributed by atoms with Gasteiger partial charge in [-0.05, 0) is 51.1 Å². The van der Waals surface area contributed by atoms with Crippen LogP contribution in [0.4, 0.5) is 0 Å². The van der Waals surface area contributed by atoms with Crippen LogP contribution < -0.4 is 0 Å². The molecule has 1 N–H and O–H groups in total. The highest BCUT2D eigenvalue weighted by Gasteiger charge is 2.28. The number of piperidine rings is 1. The summed E-state index contributed by atoms with van der Waals surface area (Å²) in [6, 6.07) is 10.1. The molecule has 0 saturated carbocycles. The molecule has 6 nitrogen and oxygen atoms in total. The first-order chi connectivity index (χ1) is 13.4. The third-order valence-electron chi connectivity index (χ3n) is 5.49. The van der Waals surface area contributed by atoms with Crippen molar-refractivity contribution >= 4 is 9.84 Å². The molecule has 0 unspecified atom stereocenters. The van der Waals surface area contributed by atoms with Gasteiger partial charge >= 0.3 is 0 Å². The van der Waals surface area contributed by atoms with Crippen molar-refractivity contribution in [2.24, 2.45) is 5.92 Å². The molecule has 0 bridgehead atoms. The van der Waals surface area contributed by atoms with Crippen LogP contribution >= 0.6 is 0 Å². The number of likely N-dealkylation sites (tertiary alicyclic amines) is 1. The second-order valence-corrected chi connectivity index (χ2v) is 10.3. The highest BCUT2D eigenvalue weighted by molar-refractivity contribution is 7.91. The maximum atomic E-state index is 12.8. The third-order valence-corrected chi connectivity index (χ3v) is 7.57. The van der Waals surface area contributed by atoms with Gasteiger partial charge in [0.25, 0.3) is 0 Å². The largest absolute Gasteiger partial charge is 0.396 e. The number of imidazole rings is 1. The average molecular weight is 406 g/mol. The summed E-state index contributed by atoms with van der Waals surface area (Å²) in [4.78, 5) is 6.62. The van der Waals surface area contributed by atoms with Crippen molar-refractivity contribution in [2.45, 2.75) is 56.6 Å². The molecule has 1 aromatic carbocycles. The second kappa shape index (κ2) is 9.20. The summed E-state index contributed by atoms with van der Waals surface area (Å²) in [5.41, 5.74) is 2.10. The summed E-state index contributed by atoms with van der Waals surface area (Å²) in [5.74, 6) is 0.299. The van der Waals surface area contributed by atoms with Crippen LogP contribution in [0.15, 0.2) is 41.7 Å².